The van der Waals surface area contributed by atoms with Crippen LogP contribution in [0.15, 0.2) is 70.5 Å². The summed E-state index contributed by atoms with van der Waals surface area (Å²) in [5, 5.41) is 3.74. The summed E-state index contributed by atoms with van der Waals surface area (Å²) in [6.45, 7) is 6.49. The molecule has 1 aliphatic rings. The minimum atomic E-state index is -4.03. The number of H-pyrrole nitrogens is 1. The predicted octanol–water partition coefficient (Wildman–Crippen LogP) is 6.05. The number of hydrogen-bond acceptors (Lipinski definition) is 4. The molecule has 6 nitrogen and oxygen atoms in total. The summed E-state index contributed by atoms with van der Waals surface area (Å²) < 4.78 is 41.3. The zero-order valence-electron chi connectivity index (χ0n) is 21.9. The Balaban J connectivity index is 1.33. The Morgan fingerprint density at radius 2 is 1.77 bits per heavy atom. The summed E-state index contributed by atoms with van der Waals surface area (Å²) in [4.78, 5) is 18.8. The van der Waals surface area contributed by atoms with E-state index in [0.29, 0.717) is 29.0 Å². The maximum Gasteiger partial charge on any atom is 0.269 e. The highest BCUT2D eigenvalue weighted by molar-refractivity contribution is 7.91. The molecule has 2 heterocycles. The number of sulfone groups is 1. The monoisotopic (exact) mass is 567 g/mol. The molecule has 0 radical (unpaired) electrons. The third-order valence-electron chi connectivity index (χ3n) is 7.27. The summed E-state index contributed by atoms with van der Waals surface area (Å²) >= 11 is 6.23. The van der Waals surface area contributed by atoms with Gasteiger partial charge in [-0.05, 0) is 105 Å². The van der Waals surface area contributed by atoms with Gasteiger partial charge < -0.3 is 10.3 Å². The minimum absolute atomic E-state index is 0.00923. The number of nitrogens with one attached hydrogen (secondary N) is 2. The van der Waals surface area contributed by atoms with E-state index in [1.54, 1.807) is 42.5 Å². The number of nitrogens with zero attached hydrogens (tertiary/aromatic N) is 1. The number of aromatic amines is 1. The van der Waals surface area contributed by atoms with E-state index in [2.05, 4.69) is 15.2 Å². The highest BCUT2D eigenvalue weighted by atomic mass is 35.5. The van der Waals surface area contributed by atoms with E-state index in [9.17, 15) is 17.6 Å². The molecule has 0 atom stereocenters. The molecule has 1 aromatic heterocycles. The number of aromatic nitrogens is 1. The number of hydrogen-bond donors (Lipinski definition) is 2. The molecule has 39 heavy (non-hydrogen) atoms. The van der Waals surface area contributed by atoms with Crippen molar-refractivity contribution in [3.63, 3.8) is 0 Å². The first-order chi connectivity index (χ1) is 18.6. The molecule has 204 valence electrons. The van der Waals surface area contributed by atoms with Gasteiger partial charge in [-0.3, -0.25) is 9.69 Å². The molecule has 3 aromatic carbocycles. The molecule has 9 heteroatoms. The number of likely N-dealkylation sites (tertiary alicyclic amines) is 1. The van der Waals surface area contributed by atoms with E-state index in [1.807, 2.05) is 26.0 Å². The lowest BCUT2D eigenvalue weighted by atomic mass is 9.96. The van der Waals surface area contributed by atoms with Crippen molar-refractivity contribution < 1.29 is 17.6 Å². The first-order valence-corrected chi connectivity index (χ1v) is 14.9. The SMILES string of the molecule is Cc1cc(C)cc(S(=O)(=O)c2c(C(=O)NCC3CCN(Cc4cccc(F)c4)CC3)[nH]c3ccc(Cl)cc23)c1. The van der Waals surface area contributed by atoms with Crippen LogP contribution in [0.4, 0.5) is 4.39 Å². The van der Waals surface area contributed by atoms with Crippen LogP contribution in [-0.4, -0.2) is 43.8 Å². The number of carbonyl (C=O) groups is 1. The van der Waals surface area contributed by atoms with Gasteiger partial charge >= 0.3 is 0 Å². The Morgan fingerprint density at radius 1 is 1.05 bits per heavy atom. The van der Waals surface area contributed by atoms with Crippen LogP contribution >= 0.6 is 11.6 Å². The fourth-order valence-corrected chi connectivity index (χ4v) is 7.31. The van der Waals surface area contributed by atoms with Gasteiger partial charge in [0.1, 0.15) is 16.4 Å². The Kier molecular flexibility index (Phi) is 7.80. The smallest absolute Gasteiger partial charge is 0.269 e. The molecule has 0 saturated carbocycles. The molecule has 0 bridgehead atoms. The summed E-state index contributed by atoms with van der Waals surface area (Å²) in [5.41, 5.74) is 3.12. The van der Waals surface area contributed by atoms with Crippen LogP contribution in [0.5, 0.6) is 0 Å². The average Bonchev–Trinajstić information content (AvgIpc) is 3.27. The third-order valence-corrected chi connectivity index (χ3v) is 9.32. The minimum Gasteiger partial charge on any atom is -0.350 e. The normalized spacial score (nSPS) is 15.1. The molecular weight excluding hydrogens is 537 g/mol. The first kappa shape index (κ1) is 27.4. The Morgan fingerprint density at radius 3 is 2.46 bits per heavy atom. The zero-order valence-corrected chi connectivity index (χ0v) is 23.5. The van der Waals surface area contributed by atoms with Crippen molar-refractivity contribution in [2.24, 2.45) is 5.92 Å². The van der Waals surface area contributed by atoms with E-state index in [-0.39, 0.29) is 27.2 Å². The topological polar surface area (TPSA) is 82.3 Å². The number of benzene rings is 3. The second-order valence-corrected chi connectivity index (χ2v) is 12.7. The van der Waals surface area contributed by atoms with Gasteiger partial charge in [0.25, 0.3) is 5.91 Å². The lowest BCUT2D eigenvalue weighted by molar-refractivity contribution is 0.0928. The summed E-state index contributed by atoms with van der Waals surface area (Å²) in [7, 11) is -4.03. The second kappa shape index (κ2) is 11.1. The van der Waals surface area contributed by atoms with E-state index in [4.69, 9.17) is 11.6 Å². The molecule has 1 saturated heterocycles. The van der Waals surface area contributed by atoms with Crippen molar-refractivity contribution in [1.82, 2.24) is 15.2 Å². The van der Waals surface area contributed by atoms with Crippen LogP contribution in [0.3, 0.4) is 0 Å². The van der Waals surface area contributed by atoms with Gasteiger partial charge in [-0.1, -0.05) is 29.8 Å². The number of amides is 1. The Hall–Kier alpha value is -3.20. The fourth-order valence-electron chi connectivity index (χ4n) is 5.35. The van der Waals surface area contributed by atoms with Crippen LogP contribution in [0.1, 0.15) is 40.0 Å². The molecular formula is C30H31ClFN3O3S. The number of aryl methyl sites for hydroxylation is 2. The molecule has 0 spiro atoms. The van der Waals surface area contributed by atoms with Gasteiger partial charge in [0.05, 0.1) is 4.90 Å². The molecule has 0 aliphatic carbocycles. The first-order valence-electron chi connectivity index (χ1n) is 13.0. The lowest BCUT2D eigenvalue weighted by Crippen LogP contribution is -2.38. The highest BCUT2D eigenvalue weighted by Crippen LogP contribution is 2.34. The summed E-state index contributed by atoms with van der Waals surface area (Å²) in [6.07, 6.45) is 1.76. The molecule has 1 fully saturated rings. The predicted molar refractivity (Wildman–Crippen MR) is 151 cm³/mol. The number of rotatable bonds is 7. The van der Waals surface area contributed by atoms with Gasteiger partial charge in [0.15, 0.2) is 0 Å². The van der Waals surface area contributed by atoms with Crippen molar-refractivity contribution in [2.75, 3.05) is 19.6 Å². The summed E-state index contributed by atoms with van der Waals surface area (Å²) in [6, 6.07) is 16.7. The second-order valence-electron chi connectivity index (χ2n) is 10.4. The van der Waals surface area contributed by atoms with E-state index in [0.717, 1.165) is 42.6 Å². The van der Waals surface area contributed by atoms with E-state index >= 15 is 0 Å². The Labute approximate surface area is 233 Å². The van der Waals surface area contributed by atoms with Gasteiger partial charge in [-0.2, -0.15) is 0 Å². The van der Waals surface area contributed by atoms with Crippen molar-refractivity contribution in [1.29, 1.82) is 0 Å². The Bertz CT molecular complexity index is 1620. The van der Waals surface area contributed by atoms with Crippen molar-refractivity contribution in [3.8, 4) is 0 Å². The van der Waals surface area contributed by atoms with Crippen molar-refractivity contribution in [3.05, 3.63) is 93.9 Å². The quantitative estimate of drug-likeness (QED) is 0.285. The third kappa shape index (κ3) is 6.03. The van der Waals surface area contributed by atoms with E-state index in [1.165, 1.54) is 6.07 Å². The van der Waals surface area contributed by atoms with Crippen LogP contribution in [0, 0.1) is 25.6 Å². The molecule has 1 aliphatic heterocycles. The molecule has 0 unspecified atom stereocenters. The molecule has 5 rings (SSSR count). The van der Waals surface area contributed by atoms with Crippen LogP contribution < -0.4 is 5.32 Å². The van der Waals surface area contributed by atoms with Crippen molar-refractivity contribution in [2.45, 2.75) is 43.0 Å². The standard InChI is InChI=1S/C30H31ClFN3O3S/c1-19-12-20(2)14-25(13-19)39(37,38)29-26-16-23(31)6-7-27(26)34-28(29)30(36)33-17-21-8-10-35(11-9-21)18-22-4-3-5-24(32)15-22/h3-7,12-16,21,34H,8-11,17-18H2,1-2H3,(H,33,36). The number of fused-ring (bicyclic) bond motifs is 1. The largest absolute Gasteiger partial charge is 0.350 e. The maximum atomic E-state index is 13.9. The highest BCUT2D eigenvalue weighted by Gasteiger charge is 2.30. The number of carbonyl (C=O) groups excluding carboxylic acids is 1. The summed E-state index contributed by atoms with van der Waals surface area (Å²) in [5.74, 6) is -0.438. The molecule has 4 aromatic rings. The number of halogens is 2. The van der Waals surface area contributed by atoms with Gasteiger partial charge in [0, 0.05) is 29.0 Å². The van der Waals surface area contributed by atoms with Crippen LogP contribution in [0.2, 0.25) is 5.02 Å². The van der Waals surface area contributed by atoms with Crippen LogP contribution in [-0.2, 0) is 16.4 Å². The zero-order chi connectivity index (χ0) is 27.7. The number of piperidine rings is 1. The average molecular weight is 568 g/mol. The molecule has 1 amide bonds. The van der Waals surface area contributed by atoms with Gasteiger partial charge in [-0.15, -0.1) is 0 Å². The maximum absolute atomic E-state index is 13.9. The van der Waals surface area contributed by atoms with Gasteiger partial charge in [0.2, 0.25) is 9.84 Å². The molecule has 2 N–H and O–H groups in total. The van der Waals surface area contributed by atoms with Gasteiger partial charge in [-0.25, -0.2) is 12.8 Å². The van der Waals surface area contributed by atoms with Crippen LogP contribution in [0.25, 0.3) is 10.9 Å². The van der Waals surface area contributed by atoms with E-state index < -0.39 is 15.7 Å². The van der Waals surface area contributed by atoms with Crippen molar-refractivity contribution >= 4 is 38.2 Å². The lowest BCUT2D eigenvalue weighted by Gasteiger charge is -2.32. The fraction of sp³-hybridized carbons (Fsp3) is 0.300.